The molecule has 2 aromatic rings. The maximum absolute atomic E-state index is 12.6. The zero-order valence-corrected chi connectivity index (χ0v) is 13.4. The minimum Gasteiger partial charge on any atom is -0.350 e. The van der Waals surface area contributed by atoms with Crippen molar-refractivity contribution >= 4 is 22.7 Å². The summed E-state index contributed by atoms with van der Waals surface area (Å²) in [5.74, 6) is -0.226. The van der Waals surface area contributed by atoms with Gasteiger partial charge in [-0.25, -0.2) is 0 Å². The molecule has 1 atom stereocenters. The van der Waals surface area contributed by atoms with Gasteiger partial charge in [0.2, 0.25) is 5.91 Å². The number of hydrogen-bond donors (Lipinski definition) is 2. The van der Waals surface area contributed by atoms with Crippen LogP contribution < -0.4 is 5.32 Å². The molecule has 2 N–H and O–H groups in total. The van der Waals surface area contributed by atoms with Gasteiger partial charge in [-0.1, -0.05) is 12.1 Å². The molecular formula is C17H21N3O2. The van der Waals surface area contributed by atoms with Crippen LogP contribution in [0.3, 0.4) is 0 Å². The number of fused-ring (bicyclic) bond motifs is 1. The van der Waals surface area contributed by atoms with Crippen molar-refractivity contribution in [2.75, 3.05) is 13.6 Å². The zero-order chi connectivity index (χ0) is 16.0. The molecule has 1 aromatic carbocycles. The second kappa shape index (κ2) is 5.16. The van der Waals surface area contributed by atoms with Gasteiger partial charge in [-0.05, 0) is 43.9 Å². The van der Waals surface area contributed by atoms with E-state index in [9.17, 15) is 9.59 Å². The Morgan fingerprint density at radius 2 is 1.95 bits per heavy atom. The summed E-state index contributed by atoms with van der Waals surface area (Å²) in [4.78, 5) is 29.4. The first-order valence-corrected chi connectivity index (χ1v) is 7.54. The Kier molecular flexibility index (Phi) is 3.43. The van der Waals surface area contributed by atoms with Crippen LogP contribution in [-0.4, -0.2) is 41.3 Å². The Bertz CT molecular complexity index is 776. The molecule has 5 heteroatoms. The van der Waals surface area contributed by atoms with Gasteiger partial charge in [0.15, 0.2) is 0 Å². The second-order valence-electron chi connectivity index (χ2n) is 6.15. The monoisotopic (exact) mass is 299 g/mol. The molecular weight excluding hydrogens is 278 g/mol. The van der Waals surface area contributed by atoms with Gasteiger partial charge in [-0.2, -0.15) is 0 Å². The average Bonchev–Trinajstić information content (AvgIpc) is 2.99. The van der Waals surface area contributed by atoms with Crippen molar-refractivity contribution in [1.82, 2.24) is 15.2 Å². The molecule has 0 bridgehead atoms. The third-order valence-electron chi connectivity index (χ3n) is 4.58. The van der Waals surface area contributed by atoms with E-state index in [0.29, 0.717) is 18.7 Å². The number of carbonyl (C=O) groups excluding carboxylic acids is 2. The number of likely N-dealkylation sites (N-methyl/N-ethyl adjacent to an activating group) is 1. The first-order valence-electron chi connectivity index (χ1n) is 7.54. The molecule has 1 aliphatic rings. The van der Waals surface area contributed by atoms with Gasteiger partial charge in [-0.3, -0.25) is 9.59 Å². The number of nitrogens with one attached hydrogen (secondary N) is 2. The minimum absolute atomic E-state index is 0.0190. The summed E-state index contributed by atoms with van der Waals surface area (Å²) < 4.78 is 0. The summed E-state index contributed by atoms with van der Waals surface area (Å²) in [6.45, 7) is 6.70. The predicted molar refractivity (Wildman–Crippen MR) is 86.0 cm³/mol. The molecule has 0 aliphatic carbocycles. The number of hydrogen-bond acceptors (Lipinski definition) is 2. The van der Waals surface area contributed by atoms with Crippen LogP contribution in [0.2, 0.25) is 0 Å². The number of aryl methyl sites for hydroxylation is 3. The lowest BCUT2D eigenvalue weighted by atomic mass is 10.0. The largest absolute Gasteiger partial charge is 0.350 e. The SMILES string of the molecule is Cc1ccc(C)c2c(C)c(C(=O)NC3CCN(C)C3=O)[nH]c12. The highest BCUT2D eigenvalue weighted by atomic mass is 16.2. The number of benzene rings is 1. The molecule has 0 spiro atoms. The van der Waals surface area contributed by atoms with Crippen molar-refractivity contribution in [2.45, 2.75) is 33.2 Å². The van der Waals surface area contributed by atoms with Gasteiger partial charge in [0, 0.05) is 24.5 Å². The van der Waals surface area contributed by atoms with E-state index in [1.54, 1.807) is 11.9 Å². The molecule has 1 aliphatic heterocycles. The van der Waals surface area contributed by atoms with Crippen molar-refractivity contribution in [1.29, 1.82) is 0 Å². The minimum atomic E-state index is -0.412. The molecule has 5 nitrogen and oxygen atoms in total. The van der Waals surface area contributed by atoms with Gasteiger partial charge in [0.1, 0.15) is 11.7 Å². The molecule has 3 rings (SSSR count). The Morgan fingerprint density at radius 3 is 2.55 bits per heavy atom. The van der Waals surface area contributed by atoms with E-state index in [1.807, 2.05) is 26.8 Å². The second-order valence-corrected chi connectivity index (χ2v) is 6.15. The van der Waals surface area contributed by atoms with Crippen LogP contribution in [0.5, 0.6) is 0 Å². The van der Waals surface area contributed by atoms with E-state index in [1.165, 1.54) is 0 Å². The van der Waals surface area contributed by atoms with Crippen LogP contribution in [0.15, 0.2) is 12.1 Å². The smallest absolute Gasteiger partial charge is 0.268 e. The van der Waals surface area contributed by atoms with Crippen LogP contribution in [0, 0.1) is 20.8 Å². The number of carbonyl (C=O) groups is 2. The molecule has 1 fully saturated rings. The molecule has 2 heterocycles. The molecule has 1 saturated heterocycles. The molecule has 1 unspecified atom stereocenters. The number of rotatable bonds is 2. The standard InChI is InChI=1S/C17H21N3O2/c1-9-5-6-10(2)14-13(9)11(3)15(19-14)16(21)18-12-7-8-20(4)17(12)22/h5-6,12,19H,7-8H2,1-4H3,(H,18,21). The lowest BCUT2D eigenvalue weighted by Gasteiger charge is -2.12. The summed E-state index contributed by atoms with van der Waals surface area (Å²) >= 11 is 0. The highest BCUT2D eigenvalue weighted by Gasteiger charge is 2.31. The van der Waals surface area contributed by atoms with E-state index in [4.69, 9.17) is 0 Å². The lowest BCUT2D eigenvalue weighted by Crippen LogP contribution is -2.40. The zero-order valence-electron chi connectivity index (χ0n) is 13.4. The first-order chi connectivity index (χ1) is 10.4. The summed E-state index contributed by atoms with van der Waals surface area (Å²) in [5.41, 5.74) is 4.74. The third kappa shape index (κ3) is 2.17. The van der Waals surface area contributed by atoms with Crippen LogP contribution in [0.25, 0.3) is 10.9 Å². The van der Waals surface area contributed by atoms with Crippen LogP contribution in [0.4, 0.5) is 0 Å². The van der Waals surface area contributed by atoms with E-state index in [-0.39, 0.29) is 11.8 Å². The number of aromatic amines is 1. The fourth-order valence-corrected chi connectivity index (χ4v) is 3.21. The Balaban J connectivity index is 1.95. The maximum Gasteiger partial charge on any atom is 0.268 e. The highest BCUT2D eigenvalue weighted by molar-refractivity contribution is 6.04. The summed E-state index contributed by atoms with van der Waals surface area (Å²) in [6, 6.07) is 3.70. The normalized spacial score (nSPS) is 18.3. The van der Waals surface area contributed by atoms with Gasteiger partial charge in [0.25, 0.3) is 5.91 Å². The molecule has 1 aromatic heterocycles. The molecule has 0 saturated carbocycles. The van der Waals surface area contributed by atoms with Gasteiger partial charge < -0.3 is 15.2 Å². The fourth-order valence-electron chi connectivity index (χ4n) is 3.21. The van der Waals surface area contributed by atoms with Crippen LogP contribution >= 0.6 is 0 Å². The van der Waals surface area contributed by atoms with E-state index < -0.39 is 6.04 Å². The Hall–Kier alpha value is -2.30. The summed E-state index contributed by atoms with van der Waals surface area (Å²) in [7, 11) is 1.76. The topological polar surface area (TPSA) is 65.2 Å². The molecule has 22 heavy (non-hydrogen) atoms. The first kappa shape index (κ1) is 14.6. The molecule has 0 radical (unpaired) electrons. The molecule has 116 valence electrons. The van der Waals surface area contributed by atoms with E-state index >= 15 is 0 Å². The van der Waals surface area contributed by atoms with E-state index in [0.717, 1.165) is 27.6 Å². The lowest BCUT2D eigenvalue weighted by molar-refractivity contribution is -0.128. The number of H-pyrrole nitrogens is 1. The van der Waals surface area contributed by atoms with Gasteiger partial charge in [-0.15, -0.1) is 0 Å². The Labute approximate surface area is 129 Å². The third-order valence-corrected chi connectivity index (χ3v) is 4.58. The van der Waals surface area contributed by atoms with Crippen LogP contribution in [0.1, 0.15) is 33.6 Å². The summed E-state index contributed by atoms with van der Waals surface area (Å²) in [5, 5.41) is 3.95. The van der Waals surface area contributed by atoms with E-state index in [2.05, 4.69) is 16.4 Å². The quantitative estimate of drug-likeness (QED) is 0.891. The summed E-state index contributed by atoms with van der Waals surface area (Å²) in [6.07, 6.45) is 0.665. The maximum atomic E-state index is 12.6. The van der Waals surface area contributed by atoms with Gasteiger partial charge in [0.05, 0.1) is 0 Å². The van der Waals surface area contributed by atoms with Crippen molar-refractivity contribution in [2.24, 2.45) is 0 Å². The fraction of sp³-hybridized carbons (Fsp3) is 0.412. The predicted octanol–water partition coefficient (Wildman–Crippen LogP) is 2.05. The number of aromatic nitrogens is 1. The average molecular weight is 299 g/mol. The van der Waals surface area contributed by atoms with Crippen molar-refractivity contribution in [3.63, 3.8) is 0 Å². The number of amides is 2. The van der Waals surface area contributed by atoms with Crippen molar-refractivity contribution in [3.05, 3.63) is 34.5 Å². The molecule has 2 amide bonds. The van der Waals surface area contributed by atoms with Crippen molar-refractivity contribution in [3.8, 4) is 0 Å². The number of likely N-dealkylation sites (tertiary alicyclic amines) is 1. The van der Waals surface area contributed by atoms with Crippen molar-refractivity contribution < 1.29 is 9.59 Å². The number of nitrogens with zero attached hydrogens (tertiary/aromatic N) is 1. The van der Waals surface area contributed by atoms with Gasteiger partial charge >= 0.3 is 0 Å². The van der Waals surface area contributed by atoms with Crippen LogP contribution in [-0.2, 0) is 4.79 Å². The highest BCUT2D eigenvalue weighted by Crippen LogP contribution is 2.27. The Morgan fingerprint density at radius 1 is 1.27 bits per heavy atom.